The van der Waals surface area contributed by atoms with Crippen molar-refractivity contribution in [2.75, 3.05) is 0 Å². The zero-order valence-electron chi connectivity index (χ0n) is 9.07. The number of hydrogen-bond acceptors (Lipinski definition) is 4. The molecule has 1 atom stereocenters. The smallest absolute Gasteiger partial charge is 0.271 e. The summed E-state index contributed by atoms with van der Waals surface area (Å²) in [5, 5.41) is 9.87. The van der Waals surface area contributed by atoms with Gasteiger partial charge < -0.3 is 0 Å². The number of nitrogens with two attached hydrogens (primary N) is 1. The molecule has 0 radical (unpaired) electrons. The van der Waals surface area contributed by atoms with Crippen LogP contribution in [0.4, 0.5) is 13.2 Å². The molecular formula is C10H10F3N5. The van der Waals surface area contributed by atoms with Crippen LogP contribution in [0, 0.1) is 0 Å². The van der Waals surface area contributed by atoms with Crippen LogP contribution < -0.4 is 11.3 Å². The van der Waals surface area contributed by atoms with Crippen LogP contribution >= 0.6 is 0 Å². The predicted octanol–water partition coefficient (Wildman–Crippen LogP) is 1.38. The van der Waals surface area contributed by atoms with Gasteiger partial charge in [-0.15, -0.1) is 0 Å². The van der Waals surface area contributed by atoms with E-state index in [1.807, 2.05) is 0 Å². The van der Waals surface area contributed by atoms with Gasteiger partial charge in [-0.3, -0.25) is 5.84 Å². The van der Waals surface area contributed by atoms with E-state index in [-0.39, 0.29) is 0 Å². The molecule has 1 aromatic heterocycles. The molecule has 4 N–H and O–H groups in total. The van der Waals surface area contributed by atoms with Crippen molar-refractivity contribution in [2.24, 2.45) is 5.84 Å². The van der Waals surface area contributed by atoms with E-state index in [0.717, 1.165) is 12.1 Å². The number of alkyl halides is 3. The van der Waals surface area contributed by atoms with Crippen molar-refractivity contribution in [3.05, 3.63) is 47.3 Å². The Morgan fingerprint density at radius 1 is 1.22 bits per heavy atom. The van der Waals surface area contributed by atoms with Gasteiger partial charge in [0, 0.05) is 0 Å². The molecule has 2 rings (SSSR count). The number of benzene rings is 1. The highest BCUT2D eigenvalue weighted by Gasteiger charge is 2.30. The molecular weight excluding hydrogens is 247 g/mol. The molecule has 5 nitrogen and oxygen atoms in total. The van der Waals surface area contributed by atoms with Gasteiger partial charge in [0.2, 0.25) is 0 Å². The van der Waals surface area contributed by atoms with Gasteiger partial charge in [0.25, 0.3) is 0 Å². The molecule has 0 aliphatic rings. The summed E-state index contributed by atoms with van der Waals surface area (Å²) in [7, 11) is 0. The van der Waals surface area contributed by atoms with E-state index in [4.69, 9.17) is 5.84 Å². The Morgan fingerprint density at radius 3 is 2.33 bits per heavy atom. The second-order valence-corrected chi connectivity index (χ2v) is 3.61. The maximum Gasteiger partial charge on any atom is 0.416 e. The third-order valence-electron chi connectivity index (χ3n) is 2.47. The fourth-order valence-electron chi connectivity index (χ4n) is 1.57. The maximum absolute atomic E-state index is 12.4. The summed E-state index contributed by atoms with van der Waals surface area (Å²) in [6.45, 7) is 0. The Bertz CT molecular complexity index is 491. The van der Waals surface area contributed by atoms with Crippen LogP contribution in [0.5, 0.6) is 0 Å². The zero-order valence-corrected chi connectivity index (χ0v) is 9.07. The molecule has 8 heteroatoms. The predicted molar refractivity (Wildman–Crippen MR) is 57.0 cm³/mol. The Morgan fingerprint density at radius 2 is 1.89 bits per heavy atom. The van der Waals surface area contributed by atoms with Gasteiger partial charge in [-0.2, -0.15) is 28.6 Å². The summed E-state index contributed by atoms with van der Waals surface area (Å²) in [5.41, 5.74) is 2.84. The van der Waals surface area contributed by atoms with Crippen molar-refractivity contribution < 1.29 is 13.2 Å². The lowest BCUT2D eigenvalue weighted by molar-refractivity contribution is -0.137. The molecule has 1 aromatic carbocycles. The van der Waals surface area contributed by atoms with Gasteiger partial charge in [-0.1, -0.05) is 12.1 Å². The maximum atomic E-state index is 12.4. The van der Waals surface area contributed by atoms with E-state index in [0.29, 0.717) is 11.3 Å². The third-order valence-corrected chi connectivity index (χ3v) is 2.47. The fourth-order valence-corrected chi connectivity index (χ4v) is 1.57. The minimum absolute atomic E-state index is 0.497. The first kappa shape index (κ1) is 12.5. The van der Waals surface area contributed by atoms with Crippen LogP contribution in [0.2, 0.25) is 0 Å². The third kappa shape index (κ3) is 2.49. The summed E-state index contributed by atoms with van der Waals surface area (Å²) in [6.07, 6.45) is -2.90. The van der Waals surface area contributed by atoms with E-state index >= 15 is 0 Å². The Hall–Kier alpha value is -1.93. The number of H-pyrrole nitrogens is 1. The number of aromatic nitrogens is 3. The Kier molecular flexibility index (Phi) is 3.30. The lowest BCUT2D eigenvalue weighted by Gasteiger charge is -2.14. The lowest BCUT2D eigenvalue weighted by Crippen LogP contribution is -2.29. The van der Waals surface area contributed by atoms with Crippen molar-refractivity contribution >= 4 is 0 Å². The standard InChI is InChI=1S/C10H10F3N5/c11-10(12,13)7-3-1-6(2-4-7)9(16-14)8-5-15-18-17-8/h1-5,9,16H,14H2,(H,15,17,18). The number of aromatic amines is 1. The number of halogens is 3. The van der Waals surface area contributed by atoms with Crippen LogP contribution in [-0.2, 0) is 6.18 Å². The monoisotopic (exact) mass is 257 g/mol. The molecule has 0 saturated heterocycles. The highest BCUT2D eigenvalue weighted by atomic mass is 19.4. The Balaban J connectivity index is 2.28. The molecule has 0 fully saturated rings. The average molecular weight is 257 g/mol. The molecule has 0 aliphatic heterocycles. The van der Waals surface area contributed by atoms with Crippen molar-refractivity contribution in [3.63, 3.8) is 0 Å². The number of hydrazine groups is 1. The van der Waals surface area contributed by atoms with Gasteiger partial charge in [-0.25, -0.2) is 5.43 Å². The molecule has 2 aromatic rings. The first-order valence-corrected chi connectivity index (χ1v) is 5.01. The van der Waals surface area contributed by atoms with Gasteiger partial charge in [0.15, 0.2) is 0 Å². The second kappa shape index (κ2) is 4.75. The van der Waals surface area contributed by atoms with Gasteiger partial charge >= 0.3 is 6.18 Å². The van der Waals surface area contributed by atoms with Crippen LogP contribution in [0.15, 0.2) is 30.5 Å². The summed E-state index contributed by atoms with van der Waals surface area (Å²) >= 11 is 0. The minimum atomic E-state index is -4.35. The molecule has 1 unspecified atom stereocenters. The van der Waals surface area contributed by atoms with Gasteiger partial charge in [-0.05, 0) is 17.7 Å². The van der Waals surface area contributed by atoms with Crippen LogP contribution in [-0.4, -0.2) is 15.4 Å². The number of nitrogens with zero attached hydrogens (tertiary/aromatic N) is 2. The fraction of sp³-hybridized carbons (Fsp3) is 0.200. The highest BCUT2D eigenvalue weighted by molar-refractivity contribution is 5.30. The van der Waals surface area contributed by atoms with Crippen LogP contribution in [0.3, 0.4) is 0 Å². The molecule has 1 heterocycles. The first-order chi connectivity index (χ1) is 8.52. The van der Waals surface area contributed by atoms with Gasteiger partial charge in [0.05, 0.1) is 17.8 Å². The molecule has 0 bridgehead atoms. The average Bonchev–Trinajstić information content (AvgIpc) is 2.83. The highest BCUT2D eigenvalue weighted by Crippen LogP contribution is 2.30. The molecule has 18 heavy (non-hydrogen) atoms. The molecule has 0 aliphatic carbocycles. The molecule has 0 saturated carbocycles. The number of rotatable bonds is 3. The van der Waals surface area contributed by atoms with Crippen molar-refractivity contribution in [1.82, 2.24) is 20.8 Å². The van der Waals surface area contributed by atoms with Crippen LogP contribution in [0.25, 0.3) is 0 Å². The normalized spacial score (nSPS) is 13.6. The number of hydrogen-bond donors (Lipinski definition) is 3. The SMILES string of the molecule is NNC(c1ccc(C(F)(F)F)cc1)c1cn[nH]n1. The molecule has 0 spiro atoms. The second-order valence-electron chi connectivity index (χ2n) is 3.61. The first-order valence-electron chi connectivity index (χ1n) is 5.01. The molecule has 0 amide bonds. The van der Waals surface area contributed by atoms with Gasteiger partial charge in [0.1, 0.15) is 5.69 Å². The van der Waals surface area contributed by atoms with E-state index < -0.39 is 17.8 Å². The van der Waals surface area contributed by atoms with E-state index in [1.54, 1.807) is 0 Å². The molecule has 96 valence electrons. The van der Waals surface area contributed by atoms with E-state index in [1.165, 1.54) is 18.3 Å². The summed E-state index contributed by atoms with van der Waals surface area (Å²) in [5.74, 6) is 5.37. The summed E-state index contributed by atoms with van der Waals surface area (Å²) in [6, 6.07) is 4.19. The zero-order chi connectivity index (χ0) is 13.2. The van der Waals surface area contributed by atoms with E-state index in [9.17, 15) is 13.2 Å². The van der Waals surface area contributed by atoms with Crippen molar-refractivity contribution in [2.45, 2.75) is 12.2 Å². The lowest BCUT2D eigenvalue weighted by atomic mass is 10.0. The summed E-state index contributed by atoms with van der Waals surface area (Å²) < 4.78 is 37.2. The Labute approximate surface area is 100 Å². The van der Waals surface area contributed by atoms with Crippen molar-refractivity contribution in [3.8, 4) is 0 Å². The van der Waals surface area contributed by atoms with Crippen molar-refractivity contribution in [1.29, 1.82) is 0 Å². The largest absolute Gasteiger partial charge is 0.416 e. The minimum Gasteiger partial charge on any atom is -0.271 e. The van der Waals surface area contributed by atoms with Crippen LogP contribution in [0.1, 0.15) is 22.9 Å². The summed E-state index contributed by atoms with van der Waals surface area (Å²) in [4.78, 5) is 0. The topological polar surface area (TPSA) is 79.6 Å². The number of nitrogens with one attached hydrogen (secondary N) is 2. The van der Waals surface area contributed by atoms with E-state index in [2.05, 4.69) is 20.8 Å². The quantitative estimate of drug-likeness (QED) is 0.573.